The molecule has 1 aromatic rings. The molecule has 1 aliphatic carbocycles. The Labute approximate surface area is 122 Å². The fraction of sp³-hybridized carbons (Fsp3) is 0.750. The number of rotatable bonds is 5. The fourth-order valence-electron chi connectivity index (χ4n) is 3.72. The Hall–Kier alpha value is -1.32. The number of fused-ring (bicyclic) bond motifs is 2. The molecule has 20 heavy (non-hydrogen) atoms. The van der Waals surface area contributed by atoms with Crippen LogP contribution in [0.5, 0.6) is 0 Å². The topological polar surface area (TPSA) is 41.1 Å². The molecule has 1 saturated heterocycles. The van der Waals surface area contributed by atoms with Gasteiger partial charge >= 0.3 is 0 Å². The molecule has 3 rings (SSSR count). The molecule has 2 bridgehead atoms. The van der Waals surface area contributed by atoms with Crippen LogP contribution >= 0.6 is 0 Å². The first-order valence-electron chi connectivity index (χ1n) is 8.06. The Morgan fingerprint density at radius 1 is 1.35 bits per heavy atom. The first kappa shape index (κ1) is 13.7. The molecule has 1 saturated carbocycles. The largest absolute Gasteiger partial charge is 0.370 e. The van der Waals surface area contributed by atoms with Crippen molar-refractivity contribution >= 4 is 11.6 Å². The van der Waals surface area contributed by atoms with E-state index in [2.05, 4.69) is 41.0 Å². The maximum Gasteiger partial charge on any atom is 0.137 e. The van der Waals surface area contributed by atoms with Crippen molar-refractivity contribution in [2.75, 3.05) is 23.3 Å². The molecule has 2 heterocycles. The summed E-state index contributed by atoms with van der Waals surface area (Å²) in [4.78, 5) is 11.7. The van der Waals surface area contributed by atoms with E-state index in [-0.39, 0.29) is 0 Å². The average molecular weight is 274 g/mol. The molecule has 4 nitrogen and oxygen atoms in total. The third-order valence-corrected chi connectivity index (χ3v) is 4.66. The minimum absolute atomic E-state index is 0.449. The standard InChI is InChI=1S/C16H26N4/c1-4-7-17-15-14(11(2)3)16(19-10-18-15)20-9-12-5-6-13(20)8-12/h10-13H,4-9H2,1-3H3,(H,17,18,19). The SMILES string of the molecule is CCCNc1ncnc(N2CC3CCC2C3)c1C(C)C. The zero-order chi connectivity index (χ0) is 14.1. The van der Waals surface area contributed by atoms with Gasteiger partial charge in [-0.15, -0.1) is 0 Å². The lowest BCUT2D eigenvalue weighted by atomic mass is 10.0. The van der Waals surface area contributed by atoms with Crippen molar-refractivity contribution in [2.45, 2.75) is 58.4 Å². The molecule has 1 N–H and O–H groups in total. The number of aromatic nitrogens is 2. The van der Waals surface area contributed by atoms with E-state index >= 15 is 0 Å². The van der Waals surface area contributed by atoms with E-state index in [0.29, 0.717) is 12.0 Å². The molecular weight excluding hydrogens is 248 g/mol. The second-order valence-corrected chi connectivity index (χ2v) is 6.53. The number of hydrogen-bond donors (Lipinski definition) is 1. The van der Waals surface area contributed by atoms with Crippen molar-refractivity contribution < 1.29 is 0 Å². The number of piperidine rings is 1. The highest BCUT2D eigenvalue weighted by molar-refractivity contribution is 5.61. The van der Waals surface area contributed by atoms with Crippen LogP contribution in [0.25, 0.3) is 0 Å². The monoisotopic (exact) mass is 274 g/mol. The summed E-state index contributed by atoms with van der Waals surface area (Å²) in [7, 11) is 0. The van der Waals surface area contributed by atoms with Crippen molar-refractivity contribution in [2.24, 2.45) is 5.92 Å². The van der Waals surface area contributed by atoms with Gasteiger partial charge in [-0.3, -0.25) is 0 Å². The lowest BCUT2D eigenvalue weighted by Crippen LogP contribution is -2.34. The first-order valence-corrected chi connectivity index (χ1v) is 8.06. The van der Waals surface area contributed by atoms with Gasteiger partial charge in [-0.25, -0.2) is 9.97 Å². The quantitative estimate of drug-likeness (QED) is 0.893. The molecule has 2 fully saturated rings. The van der Waals surface area contributed by atoms with E-state index in [4.69, 9.17) is 0 Å². The summed E-state index contributed by atoms with van der Waals surface area (Å²) in [5, 5.41) is 3.47. The van der Waals surface area contributed by atoms with Crippen LogP contribution in [0.3, 0.4) is 0 Å². The molecule has 2 unspecified atom stereocenters. The number of nitrogens with zero attached hydrogens (tertiary/aromatic N) is 3. The predicted molar refractivity (Wildman–Crippen MR) is 83.4 cm³/mol. The van der Waals surface area contributed by atoms with Gasteiger partial charge in [-0.05, 0) is 37.5 Å². The molecule has 4 heteroatoms. The zero-order valence-electron chi connectivity index (χ0n) is 12.9. The summed E-state index contributed by atoms with van der Waals surface area (Å²) < 4.78 is 0. The normalized spacial score (nSPS) is 24.7. The summed E-state index contributed by atoms with van der Waals surface area (Å²) in [6.45, 7) is 8.84. The van der Waals surface area contributed by atoms with Crippen molar-refractivity contribution in [3.05, 3.63) is 11.9 Å². The highest BCUT2D eigenvalue weighted by atomic mass is 15.3. The van der Waals surface area contributed by atoms with Crippen LogP contribution < -0.4 is 10.2 Å². The molecule has 0 spiro atoms. The summed E-state index contributed by atoms with van der Waals surface area (Å²) in [6, 6.07) is 0.714. The molecular formula is C16H26N4. The van der Waals surface area contributed by atoms with Crippen LogP contribution in [0.4, 0.5) is 11.6 Å². The zero-order valence-corrected chi connectivity index (χ0v) is 12.9. The highest BCUT2D eigenvalue weighted by Gasteiger charge is 2.39. The second-order valence-electron chi connectivity index (χ2n) is 6.53. The molecule has 1 aromatic heterocycles. The maximum atomic E-state index is 4.64. The third-order valence-electron chi connectivity index (χ3n) is 4.66. The van der Waals surface area contributed by atoms with Gasteiger partial charge < -0.3 is 10.2 Å². The minimum atomic E-state index is 0.449. The Morgan fingerprint density at radius 3 is 2.80 bits per heavy atom. The Kier molecular flexibility index (Phi) is 3.81. The van der Waals surface area contributed by atoms with Crippen LogP contribution in [0, 0.1) is 5.92 Å². The van der Waals surface area contributed by atoms with Crippen LogP contribution in [0.2, 0.25) is 0 Å². The van der Waals surface area contributed by atoms with Crippen LogP contribution in [-0.2, 0) is 0 Å². The van der Waals surface area contributed by atoms with Gasteiger partial charge in [0.1, 0.15) is 18.0 Å². The number of nitrogens with one attached hydrogen (secondary N) is 1. The molecule has 2 atom stereocenters. The van der Waals surface area contributed by atoms with Gasteiger partial charge in [-0.2, -0.15) is 0 Å². The van der Waals surface area contributed by atoms with E-state index in [1.165, 1.54) is 37.2 Å². The van der Waals surface area contributed by atoms with Gasteiger partial charge in [0.05, 0.1) is 0 Å². The van der Waals surface area contributed by atoms with E-state index < -0.39 is 0 Å². The first-order chi connectivity index (χ1) is 9.70. The number of anilines is 2. The fourth-order valence-corrected chi connectivity index (χ4v) is 3.72. The number of hydrogen-bond acceptors (Lipinski definition) is 4. The van der Waals surface area contributed by atoms with Crippen molar-refractivity contribution in [1.29, 1.82) is 0 Å². The Balaban J connectivity index is 1.93. The lowest BCUT2D eigenvalue weighted by Gasteiger charge is -2.31. The molecule has 110 valence electrons. The van der Waals surface area contributed by atoms with Crippen LogP contribution in [0.15, 0.2) is 6.33 Å². The molecule has 0 amide bonds. The van der Waals surface area contributed by atoms with Crippen LogP contribution in [0.1, 0.15) is 57.9 Å². The maximum absolute atomic E-state index is 4.64. The van der Waals surface area contributed by atoms with E-state index in [0.717, 1.165) is 24.7 Å². The lowest BCUT2D eigenvalue weighted by molar-refractivity contribution is 0.548. The van der Waals surface area contributed by atoms with Crippen molar-refractivity contribution in [3.8, 4) is 0 Å². The molecule has 0 radical (unpaired) electrons. The minimum Gasteiger partial charge on any atom is -0.370 e. The van der Waals surface area contributed by atoms with Gasteiger partial charge in [0.25, 0.3) is 0 Å². The van der Waals surface area contributed by atoms with E-state index in [9.17, 15) is 0 Å². The smallest absolute Gasteiger partial charge is 0.137 e. The summed E-state index contributed by atoms with van der Waals surface area (Å²) in [5.41, 5.74) is 1.30. The molecule has 2 aliphatic rings. The summed E-state index contributed by atoms with van der Waals surface area (Å²) in [5.74, 6) is 3.56. The van der Waals surface area contributed by atoms with Gasteiger partial charge in [0.15, 0.2) is 0 Å². The van der Waals surface area contributed by atoms with Gasteiger partial charge in [0.2, 0.25) is 0 Å². The van der Waals surface area contributed by atoms with Gasteiger partial charge in [-0.1, -0.05) is 20.8 Å². The van der Waals surface area contributed by atoms with Crippen molar-refractivity contribution in [1.82, 2.24) is 9.97 Å². The van der Waals surface area contributed by atoms with E-state index in [1.807, 2.05) is 0 Å². The van der Waals surface area contributed by atoms with Gasteiger partial charge in [0, 0.05) is 24.7 Å². The van der Waals surface area contributed by atoms with Crippen LogP contribution in [-0.4, -0.2) is 29.1 Å². The van der Waals surface area contributed by atoms with E-state index in [1.54, 1.807) is 6.33 Å². The predicted octanol–water partition coefficient (Wildman–Crippen LogP) is 3.41. The highest BCUT2D eigenvalue weighted by Crippen LogP contribution is 2.42. The summed E-state index contributed by atoms with van der Waals surface area (Å²) >= 11 is 0. The Bertz CT molecular complexity index is 472. The summed E-state index contributed by atoms with van der Waals surface area (Å²) in [6.07, 6.45) is 6.95. The average Bonchev–Trinajstić information content (AvgIpc) is 3.07. The Morgan fingerprint density at radius 2 is 2.20 bits per heavy atom. The van der Waals surface area contributed by atoms with Crippen molar-refractivity contribution in [3.63, 3.8) is 0 Å². The third kappa shape index (κ3) is 2.36. The molecule has 0 aromatic carbocycles. The molecule has 1 aliphatic heterocycles. The second kappa shape index (κ2) is 5.58.